The lowest BCUT2D eigenvalue weighted by atomic mass is 10.0. The van der Waals surface area contributed by atoms with Crippen LogP contribution in [0.2, 0.25) is 5.02 Å². The van der Waals surface area contributed by atoms with Gasteiger partial charge in [-0.2, -0.15) is 0 Å². The van der Waals surface area contributed by atoms with Crippen LogP contribution in [-0.4, -0.2) is 36.9 Å². The zero-order valence-electron chi connectivity index (χ0n) is 18.1. The summed E-state index contributed by atoms with van der Waals surface area (Å²) in [5.41, 5.74) is 2.25. The van der Waals surface area contributed by atoms with E-state index in [9.17, 15) is 19.7 Å². The molecule has 0 aliphatic rings. The lowest BCUT2D eigenvalue weighted by molar-refractivity contribution is -0.384. The third kappa shape index (κ3) is 6.30. The molecule has 1 atom stereocenters. The van der Waals surface area contributed by atoms with Gasteiger partial charge in [0.25, 0.3) is 11.6 Å². The molecule has 0 unspecified atom stereocenters. The number of carbonyl (C=O) groups is 2. The van der Waals surface area contributed by atoms with Gasteiger partial charge in [-0.1, -0.05) is 41.9 Å². The van der Waals surface area contributed by atoms with Crippen LogP contribution < -0.4 is 15.5 Å². The van der Waals surface area contributed by atoms with E-state index < -0.39 is 22.8 Å². The first kappa shape index (κ1) is 23.7. The summed E-state index contributed by atoms with van der Waals surface area (Å²) in [6.45, 7) is 0. The number of nitrogens with one attached hydrogen (secondary N) is 2. The predicted molar refractivity (Wildman–Crippen MR) is 129 cm³/mol. The van der Waals surface area contributed by atoms with Crippen LogP contribution in [0.4, 0.5) is 17.1 Å². The molecule has 0 fully saturated rings. The lowest BCUT2D eigenvalue weighted by Crippen LogP contribution is -2.45. The third-order valence-corrected chi connectivity index (χ3v) is 5.28. The van der Waals surface area contributed by atoms with Crippen molar-refractivity contribution in [2.75, 3.05) is 24.3 Å². The van der Waals surface area contributed by atoms with Gasteiger partial charge in [0.15, 0.2) is 0 Å². The van der Waals surface area contributed by atoms with Crippen LogP contribution in [-0.2, 0) is 11.2 Å². The number of nitrogens with zero attached hydrogens (tertiary/aromatic N) is 2. The average molecular weight is 467 g/mol. The molecule has 0 bridgehead atoms. The van der Waals surface area contributed by atoms with Crippen molar-refractivity contribution < 1.29 is 14.5 Å². The molecule has 0 aliphatic heterocycles. The van der Waals surface area contributed by atoms with Crippen molar-refractivity contribution in [2.45, 2.75) is 12.5 Å². The number of hydrogen-bond acceptors (Lipinski definition) is 5. The standard InChI is InChI=1S/C24H23ClN4O4/c1-28(2)18-10-8-17(9-11-18)23(30)27-22(14-16-6-4-3-5-7-16)24(31)26-21-13-12-19(29(32)33)15-20(21)25/h3-13,15,22H,14H2,1-2H3,(H,26,31)(H,27,30)/t22-/m0/s1. The van der Waals surface area contributed by atoms with E-state index in [1.807, 2.05) is 61.5 Å². The number of nitro benzene ring substituents is 1. The topological polar surface area (TPSA) is 105 Å². The number of non-ortho nitro benzene ring substituents is 1. The van der Waals surface area contributed by atoms with Gasteiger partial charge in [0, 0.05) is 43.9 Å². The second kappa shape index (κ2) is 10.6. The first-order chi connectivity index (χ1) is 15.7. The van der Waals surface area contributed by atoms with E-state index in [0.29, 0.717) is 5.56 Å². The van der Waals surface area contributed by atoms with E-state index in [1.165, 1.54) is 12.1 Å². The molecule has 3 aromatic carbocycles. The normalized spacial score (nSPS) is 11.4. The highest BCUT2D eigenvalue weighted by atomic mass is 35.5. The van der Waals surface area contributed by atoms with E-state index in [4.69, 9.17) is 11.6 Å². The Labute approximate surface area is 196 Å². The number of rotatable bonds is 8. The highest BCUT2D eigenvalue weighted by molar-refractivity contribution is 6.34. The van der Waals surface area contributed by atoms with E-state index in [1.54, 1.807) is 12.1 Å². The minimum Gasteiger partial charge on any atom is -0.378 e. The molecule has 0 heterocycles. The van der Waals surface area contributed by atoms with Gasteiger partial charge in [-0.15, -0.1) is 0 Å². The van der Waals surface area contributed by atoms with E-state index >= 15 is 0 Å². The molecule has 0 saturated heterocycles. The predicted octanol–water partition coefficient (Wildman–Crippen LogP) is 4.29. The number of anilines is 2. The summed E-state index contributed by atoms with van der Waals surface area (Å²) in [7, 11) is 3.80. The van der Waals surface area contributed by atoms with Gasteiger partial charge in [-0.3, -0.25) is 19.7 Å². The Hall–Kier alpha value is -3.91. The Kier molecular flexibility index (Phi) is 7.63. The highest BCUT2D eigenvalue weighted by Crippen LogP contribution is 2.27. The van der Waals surface area contributed by atoms with Crippen molar-refractivity contribution in [1.82, 2.24) is 5.32 Å². The van der Waals surface area contributed by atoms with Crippen LogP contribution >= 0.6 is 11.6 Å². The molecule has 3 rings (SSSR count). The van der Waals surface area contributed by atoms with Gasteiger partial charge in [-0.05, 0) is 35.9 Å². The second-order valence-corrected chi connectivity index (χ2v) is 7.97. The van der Waals surface area contributed by atoms with Crippen LogP contribution in [0.25, 0.3) is 0 Å². The van der Waals surface area contributed by atoms with Crippen molar-refractivity contribution in [3.63, 3.8) is 0 Å². The van der Waals surface area contributed by atoms with Gasteiger partial charge in [0.2, 0.25) is 5.91 Å². The molecule has 0 spiro atoms. The maximum atomic E-state index is 13.1. The molecule has 2 N–H and O–H groups in total. The Morgan fingerprint density at radius 1 is 1.03 bits per heavy atom. The summed E-state index contributed by atoms with van der Waals surface area (Å²) in [4.78, 5) is 38.2. The molecule has 8 nitrogen and oxygen atoms in total. The van der Waals surface area contributed by atoms with Crippen LogP contribution in [0.1, 0.15) is 15.9 Å². The summed E-state index contributed by atoms with van der Waals surface area (Å²) in [5.74, 6) is -0.890. The number of carbonyl (C=O) groups excluding carboxylic acids is 2. The SMILES string of the molecule is CN(C)c1ccc(C(=O)N[C@@H](Cc2ccccc2)C(=O)Nc2ccc([N+](=O)[O-])cc2Cl)cc1. The summed E-state index contributed by atoms with van der Waals surface area (Å²) >= 11 is 6.11. The largest absolute Gasteiger partial charge is 0.378 e. The summed E-state index contributed by atoms with van der Waals surface area (Å²) in [5, 5.41) is 16.4. The first-order valence-corrected chi connectivity index (χ1v) is 10.5. The van der Waals surface area contributed by atoms with Crippen molar-refractivity contribution in [1.29, 1.82) is 0 Å². The number of hydrogen-bond donors (Lipinski definition) is 2. The molecule has 0 saturated carbocycles. The average Bonchev–Trinajstić information content (AvgIpc) is 2.80. The van der Waals surface area contributed by atoms with Gasteiger partial charge < -0.3 is 15.5 Å². The maximum Gasteiger partial charge on any atom is 0.271 e. The molecule has 0 aliphatic carbocycles. The van der Waals surface area contributed by atoms with Crippen LogP contribution in [0.3, 0.4) is 0 Å². The summed E-state index contributed by atoms with van der Waals surface area (Å²) in [6, 6.07) is 19.2. The lowest BCUT2D eigenvalue weighted by Gasteiger charge is -2.19. The Bertz CT molecular complexity index is 1150. The van der Waals surface area contributed by atoms with E-state index in [0.717, 1.165) is 17.3 Å². The van der Waals surface area contributed by atoms with E-state index in [2.05, 4.69) is 10.6 Å². The molecule has 2 amide bonds. The van der Waals surface area contributed by atoms with Crippen LogP contribution in [0.15, 0.2) is 72.8 Å². The van der Waals surface area contributed by atoms with Crippen LogP contribution in [0, 0.1) is 10.1 Å². The molecule has 9 heteroatoms. The van der Waals surface area contributed by atoms with Crippen molar-refractivity contribution in [3.05, 3.63) is 99.1 Å². The Balaban J connectivity index is 1.80. The maximum absolute atomic E-state index is 13.1. The zero-order valence-corrected chi connectivity index (χ0v) is 18.9. The van der Waals surface area contributed by atoms with Gasteiger partial charge in [0.05, 0.1) is 15.6 Å². The Morgan fingerprint density at radius 3 is 2.27 bits per heavy atom. The monoisotopic (exact) mass is 466 g/mol. The van der Waals surface area contributed by atoms with Crippen LogP contribution in [0.5, 0.6) is 0 Å². The van der Waals surface area contributed by atoms with Crippen molar-refractivity contribution in [2.24, 2.45) is 0 Å². The molecule has 0 aromatic heterocycles. The molecule has 170 valence electrons. The fourth-order valence-electron chi connectivity index (χ4n) is 3.15. The molecular formula is C24H23ClN4O4. The fourth-order valence-corrected chi connectivity index (χ4v) is 3.37. The highest BCUT2D eigenvalue weighted by Gasteiger charge is 2.23. The molecular weight excluding hydrogens is 444 g/mol. The number of nitro groups is 1. The zero-order chi connectivity index (χ0) is 24.0. The van der Waals surface area contributed by atoms with E-state index in [-0.39, 0.29) is 22.8 Å². The number of amides is 2. The van der Waals surface area contributed by atoms with Gasteiger partial charge >= 0.3 is 0 Å². The number of benzene rings is 3. The first-order valence-electron chi connectivity index (χ1n) is 10.1. The number of halogens is 1. The van der Waals surface area contributed by atoms with Crippen molar-refractivity contribution in [3.8, 4) is 0 Å². The summed E-state index contributed by atoms with van der Waals surface area (Å²) < 4.78 is 0. The van der Waals surface area contributed by atoms with Gasteiger partial charge in [-0.25, -0.2) is 0 Å². The third-order valence-electron chi connectivity index (χ3n) is 4.97. The quantitative estimate of drug-likeness (QED) is 0.380. The Morgan fingerprint density at radius 2 is 1.70 bits per heavy atom. The molecule has 3 aromatic rings. The minimum atomic E-state index is -0.903. The fraction of sp³-hybridized carbons (Fsp3) is 0.167. The molecule has 33 heavy (non-hydrogen) atoms. The summed E-state index contributed by atoms with van der Waals surface area (Å²) in [6.07, 6.45) is 0.249. The van der Waals surface area contributed by atoms with Gasteiger partial charge in [0.1, 0.15) is 6.04 Å². The minimum absolute atomic E-state index is 0.0293. The van der Waals surface area contributed by atoms with Crippen molar-refractivity contribution >= 4 is 40.5 Å². The second-order valence-electron chi connectivity index (χ2n) is 7.57. The molecule has 0 radical (unpaired) electrons. The smallest absolute Gasteiger partial charge is 0.271 e.